The van der Waals surface area contributed by atoms with Gasteiger partial charge >= 0.3 is 0 Å². The summed E-state index contributed by atoms with van der Waals surface area (Å²) in [5.41, 5.74) is 7.24. The first-order valence-corrected chi connectivity index (χ1v) is 11.6. The van der Waals surface area contributed by atoms with E-state index in [9.17, 15) is 10.1 Å². The van der Waals surface area contributed by atoms with E-state index in [-0.39, 0.29) is 11.2 Å². The van der Waals surface area contributed by atoms with Gasteiger partial charge in [0.15, 0.2) is 5.78 Å². The van der Waals surface area contributed by atoms with Gasteiger partial charge in [-0.2, -0.15) is 5.26 Å². The number of aromatic amines is 1. The van der Waals surface area contributed by atoms with Crippen molar-refractivity contribution in [2.75, 3.05) is 25.0 Å². The van der Waals surface area contributed by atoms with Gasteiger partial charge in [0.25, 0.3) is 0 Å². The maximum atomic E-state index is 13.8. The van der Waals surface area contributed by atoms with E-state index >= 15 is 0 Å². The predicted molar refractivity (Wildman–Crippen MR) is 129 cm³/mol. The van der Waals surface area contributed by atoms with Gasteiger partial charge in [0.2, 0.25) is 0 Å². The second kappa shape index (κ2) is 7.50. The number of H-pyrrole nitrogens is 1. The number of nitriles is 1. The highest BCUT2D eigenvalue weighted by Crippen LogP contribution is 2.46. The molecule has 0 amide bonds. The monoisotopic (exact) mass is 426 g/mol. The summed E-state index contributed by atoms with van der Waals surface area (Å²) in [7, 11) is 2.04. The Labute approximate surface area is 189 Å². The number of aromatic nitrogens is 1. The minimum absolute atomic E-state index is 0.0837. The molecule has 2 heterocycles. The van der Waals surface area contributed by atoms with E-state index < -0.39 is 0 Å². The van der Waals surface area contributed by atoms with Crippen molar-refractivity contribution in [1.29, 1.82) is 5.26 Å². The molecular formula is C27H30N4O. The van der Waals surface area contributed by atoms with E-state index in [1.54, 1.807) is 6.07 Å². The summed E-state index contributed by atoms with van der Waals surface area (Å²) in [4.78, 5) is 19.7. The quantitative estimate of drug-likeness (QED) is 0.639. The van der Waals surface area contributed by atoms with Crippen molar-refractivity contribution in [2.24, 2.45) is 0 Å². The van der Waals surface area contributed by atoms with Crippen molar-refractivity contribution in [3.8, 4) is 6.07 Å². The second-order valence-corrected chi connectivity index (χ2v) is 9.63. The molecule has 5 heteroatoms. The number of benzene rings is 2. The third kappa shape index (κ3) is 2.97. The summed E-state index contributed by atoms with van der Waals surface area (Å²) in [5, 5.41) is 13.6. The van der Waals surface area contributed by atoms with E-state index in [1.807, 2.05) is 19.2 Å². The maximum Gasteiger partial charge on any atom is 0.195 e. The number of fused-ring (bicyclic) bond motifs is 4. The highest BCUT2D eigenvalue weighted by molar-refractivity contribution is 6.20. The van der Waals surface area contributed by atoms with Crippen LogP contribution in [0.3, 0.4) is 0 Å². The van der Waals surface area contributed by atoms with Crippen LogP contribution in [-0.2, 0) is 11.8 Å². The zero-order valence-corrected chi connectivity index (χ0v) is 19.3. The van der Waals surface area contributed by atoms with E-state index in [4.69, 9.17) is 0 Å². The van der Waals surface area contributed by atoms with Crippen LogP contribution in [0.15, 0.2) is 30.3 Å². The molecule has 1 aliphatic carbocycles. The van der Waals surface area contributed by atoms with E-state index in [0.717, 1.165) is 65.6 Å². The van der Waals surface area contributed by atoms with Crippen LogP contribution in [0.1, 0.15) is 71.9 Å². The Kier molecular flexibility index (Phi) is 4.87. The number of nitrogens with one attached hydrogen (secondary N) is 2. The summed E-state index contributed by atoms with van der Waals surface area (Å²) >= 11 is 0. The van der Waals surface area contributed by atoms with Gasteiger partial charge in [0, 0.05) is 52.4 Å². The smallest absolute Gasteiger partial charge is 0.195 e. The fourth-order valence-corrected chi connectivity index (χ4v) is 5.57. The molecular weight excluding hydrogens is 396 g/mol. The zero-order valence-electron chi connectivity index (χ0n) is 19.3. The number of aryl methyl sites for hydroxylation is 1. The average Bonchev–Trinajstić information content (AvgIpc) is 3.22. The SMILES string of the molecule is CCc1cc2c(cc1N1CCC(NC)CC1)C(C)(C)c1[nH]c3cc(C#N)ccc3c1C2=O. The Bertz CT molecular complexity index is 1270. The summed E-state index contributed by atoms with van der Waals surface area (Å²) in [6.07, 6.45) is 3.16. The molecule has 0 saturated carbocycles. The molecule has 2 aliphatic rings. The van der Waals surface area contributed by atoms with Crippen molar-refractivity contribution < 1.29 is 4.79 Å². The molecule has 0 spiro atoms. The lowest BCUT2D eigenvalue weighted by molar-refractivity contribution is 0.103. The molecule has 0 radical (unpaired) electrons. The van der Waals surface area contributed by atoms with Crippen LogP contribution in [0.4, 0.5) is 5.69 Å². The van der Waals surface area contributed by atoms with E-state index in [2.05, 4.69) is 54.2 Å². The molecule has 2 N–H and O–H groups in total. The number of hydrogen-bond donors (Lipinski definition) is 2. The van der Waals surface area contributed by atoms with Gasteiger partial charge in [-0.05, 0) is 61.7 Å². The predicted octanol–water partition coefficient (Wildman–Crippen LogP) is 4.66. The molecule has 2 aromatic carbocycles. The molecule has 5 rings (SSSR count). The first-order valence-electron chi connectivity index (χ1n) is 11.6. The Balaban J connectivity index is 1.66. The number of ketones is 1. The standard InChI is InChI=1S/C27H30N4O/c1-5-17-13-20-21(14-23(17)31-10-8-18(29-4)9-11-31)27(2,3)26-24(25(20)32)19-7-6-16(15-28)12-22(19)30-26/h6-7,12-14,18,29-30H,5,8-11H2,1-4H3. The summed E-state index contributed by atoms with van der Waals surface area (Å²) < 4.78 is 0. The number of carbonyl (C=O) groups excluding carboxylic acids is 1. The Hall–Kier alpha value is -3.10. The fraction of sp³-hybridized carbons (Fsp3) is 0.407. The summed E-state index contributed by atoms with van der Waals surface area (Å²) in [5.74, 6) is 0.0837. The summed E-state index contributed by atoms with van der Waals surface area (Å²) in [6.45, 7) is 8.62. The van der Waals surface area contributed by atoms with Gasteiger partial charge in [-0.25, -0.2) is 0 Å². The number of rotatable bonds is 3. The minimum Gasteiger partial charge on any atom is -0.371 e. The third-order valence-electron chi connectivity index (χ3n) is 7.54. The van der Waals surface area contributed by atoms with Gasteiger partial charge in [0.1, 0.15) is 0 Å². The molecule has 1 aromatic heterocycles. The third-order valence-corrected chi connectivity index (χ3v) is 7.54. The van der Waals surface area contributed by atoms with Gasteiger partial charge < -0.3 is 15.2 Å². The van der Waals surface area contributed by atoms with E-state index in [1.165, 1.54) is 11.3 Å². The molecule has 1 aliphatic heterocycles. The molecule has 1 saturated heterocycles. The lowest BCUT2D eigenvalue weighted by atomic mass is 9.70. The normalized spacial score (nSPS) is 17.8. The number of hydrogen-bond acceptors (Lipinski definition) is 4. The first kappa shape index (κ1) is 20.8. The molecule has 0 bridgehead atoms. The van der Waals surface area contributed by atoms with Gasteiger partial charge in [-0.1, -0.05) is 26.8 Å². The van der Waals surface area contributed by atoms with Crippen LogP contribution in [-0.4, -0.2) is 36.9 Å². The fourth-order valence-electron chi connectivity index (χ4n) is 5.57. The van der Waals surface area contributed by atoms with Gasteiger partial charge in [-0.3, -0.25) is 4.79 Å². The molecule has 3 aromatic rings. The lowest BCUT2D eigenvalue weighted by Crippen LogP contribution is -2.42. The largest absolute Gasteiger partial charge is 0.371 e. The van der Waals surface area contributed by atoms with Crippen molar-refractivity contribution in [3.63, 3.8) is 0 Å². The first-order chi connectivity index (χ1) is 15.4. The van der Waals surface area contributed by atoms with Crippen molar-refractivity contribution >= 4 is 22.4 Å². The molecule has 5 nitrogen and oxygen atoms in total. The summed E-state index contributed by atoms with van der Waals surface area (Å²) in [6, 6.07) is 12.7. The Morgan fingerprint density at radius 3 is 2.62 bits per heavy atom. The number of piperidine rings is 1. The minimum atomic E-state index is -0.339. The van der Waals surface area contributed by atoms with Crippen LogP contribution in [0.2, 0.25) is 0 Å². The van der Waals surface area contributed by atoms with Crippen molar-refractivity contribution in [2.45, 2.75) is 51.5 Å². The average molecular weight is 427 g/mol. The molecule has 0 atom stereocenters. The van der Waals surface area contributed by atoms with Crippen LogP contribution in [0.5, 0.6) is 0 Å². The van der Waals surface area contributed by atoms with Crippen molar-refractivity contribution in [1.82, 2.24) is 10.3 Å². The number of anilines is 1. The van der Waals surface area contributed by atoms with Crippen LogP contribution in [0.25, 0.3) is 10.9 Å². The number of nitrogens with zero attached hydrogens (tertiary/aromatic N) is 2. The topological polar surface area (TPSA) is 71.9 Å². The second-order valence-electron chi connectivity index (χ2n) is 9.63. The van der Waals surface area contributed by atoms with E-state index in [0.29, 0.717) is 11.6 Å². The molecule has 1 fully saturated rings. The molecule has 32 heavy (non-hydrogen) atoms. The maximum absolute atomic E-state index is 13.8. The zero-order chi connectivity index (χ0) is 22.6. The molecule has 0 unspecified atom stereocenters. The van der Waals surface area contributed by atoms with Gasteiger partial charge in [-0.15, -0.1) is 0 Å². The Morgan fingerprint density at radius 2 is 1.97 bits per heavy atom. The van der Waals surface area contributed by atoms with Crippen LogP contribution < -0.4 is 10.2 Å². The van der Waals surface area contributed by atoms with Crippen LogP contribution in [0, 0.1) is 11.3 Å². The van der Waals surface area contributed by atoms with Crippen LogP contribution >= 0.6 is 0 Å². The highest BCUT2D eigenvalue weighted by Gasteiger charge is 2.40. The van der Waals surface area contributed by atoms with Crippen molar-refractivity contribution in [3.05, 3.63) is 63.8 Å². The highest BCUT2D eigenvalue weighted by atomic mass is 16.1. The number of carbonyl (C=O) groups is 1. The Morgan fingerprint density at radius 1 is 1.22 bits per heavy atom. The van der Waals surface area contributed by atoms with Gasteiger partial charge in [0.05, 0.1) is 17.2 Å². The lowest BCUT2D eigenvalue weighted by Gasteiger charge is -2.38. The molecule has 164 valence electrons.